The van der Waals surface area contributed by atoms with Crippen molar-refractivity contribution in [1.29, 1.82) is 0 Å². The number of anilines is 1. The molecule has 0 fully saturated rings. The Morgan fingerprint density at radius 3 is 2.15 bits per heavy atom. The third-order valence-corrected chi connectivity index (χ3v) is 4.91. The van der Waals surface area contributed by atoms with Crippen molar-refractivity contribution in [3.8, 4) is 0 Å². The number of hydrazone groups is 1. The number of aromatic nitrogens is 1. The van der Waals surface area contributed by atoms with Crippen molar-refractivity contribution in [2.75, 3.05) is 5.43 Å². The Balaban J connectivity index is 1.63. The molecule has 0 aliphatic rings. The fourth-order valence-corrected chi connectivity index (χ4v) is 3.30. The van der Waals surface area contributed by atoms with E-state index in [-0.39, 0.29) is 5.69 Å². The molecule has 0 aliphatic heterocycles. The van der Waals surface area contributed by atoms with E-state index in [1.807, 2.05) is 16.1 Å². The Morgan fingerprint density at radius 2 is 1.52 bits per heavy atom. The van der Waals surface area contributed by atoms with Crippen molar-refractivity contribution in [3.05, 3.63) is 105 Å². The van der Waals surface area contributed by atoms with E-state index in [4.69, 9.17) is 0 Å². The molecular formula is C22H13F5N4O2. The Kier molecular flexibility index (Phi) is 5.78. The normalized spacial score (nSPS) is 11.4. The van der Waals surface area contributed by atoms with Crippen LogP contribution in [0.4, 0.5) is 33.3 Å². The Labute approximate surface area is 182 Å². The van der Waals surface area contributed by atoms with Crippen LogP contribution < -0.4 is 5.43 Å². The van der Waals surface area contributed by atoms with Gasteiger partial charge in [-0.1, -0.05) is 30.3 Å². The highest BCUT2D eigenvalue weighted by Gasteiger charge is 2.25. The smallest absolute Gasteiger partial charge is 0.269 e. The number of nitro benzene ring substituents is 1. The molecule has 0 atom stereocenters. The number of fused-ring (bicyclic) bond motifs is 1. The van der Waals surface area contributed by atoms with Gasteiger partial charge < -0.3 is 4.57 Å². The first kappa shape index (κ1) is 21.9. The molecule has 0 amide bonds. The van der Waals surface area contributed by atoms with Gasteiger partial charge in [0.05, 0.1) is 11.1 Å². The highest BCUT2D eigenvalue weighted by Crippen LogP contribution is 2.27. The quantitative estimate of drug-likeness (QED) is 0.0996. The van der Waals surface area contributed by atoms with Crippen LogP contribution in [0, 0.1) is 39.2 Å². The zero-order valence-corrected chi connectivity index (χ0v) is 16.5. The third kappa shape index (κ3) is 4.12. The van der Waals surface area contributed by atoms with Crippen LogP contribution in [0.1, 0.15) is 11.1 Å². The van der Waals surface area contributed by atoms with Crippen molar-refractivity contribution in [1.82, 2.24) is 4.57 Å². The molecule has 3 aromatic carbocycles. The van der Waals surface area contributed by atoms with Crippen LogP contribution in [0.3, 0.4) is 0 Å². The standard InChI is InChI=1S/C22H13F5N4O2/c23-17-18(24)20(26)22(21(27)19(17)25)29-28-9-13-11-30(16-4-2-1-3-15(13)16)10-12-5-7-14(8-6-12)31(32)33/h1-9,11,29H,10H2/b28-9-. The Hall–Kier alpha value is -4.28. The topological polar surface area (TPSA) is 72.5 Å². The third-order valence-electron chi connectivity index (χ3n) is 4.91. The molecule has 33 heavy (non-hydrogen) atoms. The van der Waals surface area contributed by atoms with Crippen LogP contribution in [0.5, 0.6) is 0 Å². The second kappa shape index (κ2) is 8.69. The van der Waals surface area contributed by atoms with E-state index in [9.17, 15) is 32.1 Å². The van der Waals surface area contributed by atoms with Gasteiger partial charge in [-0.15, -0.1) is 0 Å². The fraction of sp³-hybridized carbons (Fsp3) is 0.0455. The number of halogens is 5. The zero-order chi connectivity index (χ0) is 23.7. The van der Waals surface area contributed by atoms with E-state index in [2.05, 4.69) is 5.10 Å². The van der Waals surface area contributed by atoms with Gasteiger partial charge >= 0.3 is 0 Å². The molecule has 0 aliphatic carbocycles. The molecule has 1 aromatic heterocycles. The van der Waals surface area contributed by atoms with Crippen molar-refractivity contribution >= 4 is 28.5 Å². The largest absolute Gasteiger partial charge is 0.342 e. The van der Waals surface area contributed by atoms with E-state index in [1.54, 1.807) is 36.5 Å². The molecule has 4 rings (SSSR count). The number of non-ortho nitro benzene ring substituents is 1. The number of rotatable bonds is 6. The van der Waals surface area contributed by atoms with Gasteiger partial charge in [-0.05, 0) is 11.6 Å². The van der Waals surface area contributed by atoms with Crippen LogP contribution in [0.25, 0.3) is 10.9 Å². The zero-order valence-electron chi connectivity index (χ0n) is 16.5. The lowest BCUT2D eigenvalue weighted by Crippen LogP contribution is -2.06. The average molecular weight is 460 g/mol. The highest BCUT2D eigenvalue weighted by molar-refractivity contribution is 5.99. The SMILES string of the molecule is O=[N+]([O-])c1ccc(Cn2cc(/C=N\Nc3c(F)c(F)c(F)c(F)c3F)c3ccccc32)cc1. The van der Waals surface area contributed by atoms with E-state index in [0.29, 0.717) is 17.5 Å². The summed E-state index contributed by atoms with van der Waals surface area (Å²) < 4.78 is 69.3. The number of hydrogen-bond acceptors (Lipinski definition) is 4. The predicted molar refractivity (Wildman–Crippen MR) is 112 cm³/mol. The van der Waals surface area contributed by atoms with Crippen molar-refractivity contribution in [2.24, 2.45) is 5.10 Å². The Morgan fingerprint density at radius 1 is 0.909 bits per heavy atom. The first-order valence-corrected chi connectivity index (χ1v) is 9.39. The lowest BCUT2D eigenvalue weighted by atomic mass is 10.2. The summed E-state index contributed by atoms with van der Waals surface area (Å²) in [5.74, 6) is -10.5. The number of benzene rings is 3. The molecule has 168 valence electrons. The molecule has 6 nitrogen and oxygen atoms in total. The van der Waals surface area contributed by atoms with Crippen LogP contribution in [0.15, 0.2) is 59.8 Å². The summed E-state index contributed by atoms with van der Waals surface area (Å²) in [5.41, 5.74) is 2.63. The highest BCUT2D eigenvalue weighted by atomic mass is 19.2. The number of nitro groups is 1. The number of para-hydroxylation sites is 1. The van der Waals surface area contributed by atoms with Gasteiger partial charge in [-0.3, -0.25) is 15.5 Å². The first-order chi connectivity index (χ1) is 15.8. The number of nitrogens with zero attached hydrogens (tertiary/aromatic N) is 3. The van der Waals surface area contributed by atoms with Crippen LogP contribution in [-0.2, 0) is 6.54 Å². The summed E-state index contributed by atoms with van der Waals surface area (Å²) in [4.78, 5) is 10.3. The van der Waals surface area contributed by atoms with Crippen LogP contribution >= 0.6 is 0 Å². The summed E-state index contributed by atoms with van der Waals surface area (Å²) in [7, 11) is 0. The molecule has 0 bridgehead atoms. The number of hydrogen-bond donors (Lipinski definition) is 1. The van der Waals surface area contributed by atoms with Gasteiger partial charge in [0.15, 0.2) is 23.3 Å². The van der Waals surface area contributed by atoms with E-state index >= 15 is 0 Å². The van der Waals surface area contributed by atoms with Gasteiger partial charge in [0, 0.05) is 41.3 Å². The molecule has 1 heterocycles. The van der Waals surface area contributed by atoms with Crippen molar-refractivity contribution in [3.63, 3.8) is 0 Å². The molecule has 0 spiro atoms. The van der Waals surface area contributed by atoms with Crippen LogP contribution in [-0.4, -0.2) is 15.7 Å². The lowest BCUT2D eigenvalue weighted by molar-refractivity contribution is -0.384. The summed E-state index contributed by atoms with van der Waals surface area (Å²) in [6.45, 7) is 0.359. The molecule has 1 N–H and O–H groups in total. The second-order valence-electron chi connectivity index (χ2n) is 6.97. The first-order valence-electron chi connectivity index (χ1n) is 9.39. The fourth-order valence-electron chi connectivity index (χ4n) is 3.30. The van der Waals surface area contributed by atoms with Gasteiger partial charge in [0.25, 0.3) is 5.69 Å². The molecule has 0 radical (unpaired) electrons. The minimum Gasteiger partial charge on any atom is -0.342 e. The van der Waals surface area contributed by atoms with Gasteiger partial charge in [-0.2, -0.15) is 5.10 Å². The molecule has 4 aromatic rings. The maximum absolute atomic E-state index is 13.8. The summed E-state index contributed by atoms with van der Waals surface area (Å²) >= 11 is 0. The van der Waals surface area contributed by atoms with Gasteiger partial charge in [0.1, 0.15) is 5.69 Å². The summed E-state index contributed by atoms with van der Waals surface area (Å²) in [5, 5.41) is 15.2. The molecule has 0 unspecified atom stereocenters. The second-order valence-corrected chi connectivity index (χ2v) is 6.97. The summed E-state index contributed by atoms with van der Waals surface area (Å²) in [6.07, 6.45) is 2.86. The Bertz CT molecular complexity index is 1370. The van der Waals surface area contributed by atoms with Gasteiger partial charge in [0.2, 0.25) is 5.82 Å². The summed E-state index contributed by atoms with van der Waals surface area (Å²) in [6, 6.07) is 13.1. The molecule has 0 saturated heterocycles. The van der Waals surface area contributed by atoms with E-state index < -0.39 is 39.7 Å². The van der Waals surface area contributed by atoms with Crippen molar-refractivity contribution < 1.29 is 26.9 Å². The maximum atomic E-state index is 13.8. The van der Waals surface area contributed by atoms with Crippen molar-refractivity contribution in [2.45, 2.75) is 6.54 Å². The molecular weight excluding hydrogens is 447 g/mol. The van der Waals surface area contributed by atoms with Crippen LogP contribution in [0.2, 0.25) is 0 Å². The molecule has 0 saturated carbocycles. The minimum atomic E-state index is -2.26. The predicted octanol–water partition coefficient (Wildman–Crippen LogP) is 5.74. The monoisotopic (exact) mass is 460 g/mol. The van der Waals surface area contributed by atoms with E-state index in [0.717, 1.165) is 11.1 Å². The molecule has 11 heteroatoms. The number of nitrogens with one attached hydrogen (secondary N) is 1. The van der Waals surface area contributed by atoms with Gasteiger partial charge in [-0.25, -0.2) is 22.0 Å². The maximum Gasteiger partial charge on any atom is 0.269 e. The van der Waals surface area contributed by atoms with E-state index in [1.165, 1.54) is 18.3 Å². The average Bonchev–Trinajstić information content (AvgIpc) is 3.16. The minimum absolute atomic E-state index is 0.0388. The lowest BCUT2D eigenvalue weighted by Gasteiger charge is -2.06.